The van der Waals surface area contributed by atoms with Gasteiger partial charge in [0, 0.05) is 23.2 Å². The molecule has 0 spiro atoms. The summed E-state index contributed by atoms with van der Waals surface area (Å²) in [6, 6.07) is 5.90. The van der Waals surface area contributed by atoms with Crippen LogP contribution in [-0.4, -0.2) is 34.9 Å². The molecule has 3 rings (SSSR count). The molecule has 1 saturated carbocycles. The van der Waals surface area contributed by atoms with Gasteiger partial charge in [-0.05, 0) is 44.0 Å². The van der Waals surface area contributed by atoms with Crippen molar-refractivity contribution in [2.24, 2.45) is 5.73 Å². The second-order valence-corrected chi connectivity index (χ2v) is 7.68. The molecule has 1 aliphatic carbocycles. The second kappa shape index (κ2) is 8.97. The average molecular weight is 401 g/mol. The lowest BCUT2D eigenvalue weighted by Crippen LogP contribution is -2.47. The molecule has 1 unspecified atom stereocenters. The Kier molecular flexibility index (Phi) is 6.41. The fraction of sp³-hybridized carbons (Fsp3) is 0.400. The summed E-state index contributed by atoms with van der Waals surface area (Å²) >= 11 is 1.40. The first-order chi connectivity index (χ1) is 13.5. The van der Waals surface area contributed by atoms with Crippen molar-refractivity contribution in [1.29, 1.82) is 0 Å². The van der Waals surface area contributed by atoms with Crippen molar-refractivity contribution in [3.8, 4) is 0 Å². The van der Waals surface area contributed by atoms with Crippen LogP contribution in [-0.2, 0) is 9.53 Å². The van der Waals surface area contributed by atoms with E-state index in [1.807, 2.05) is 5.38 Å². The minimum atomic E-state index is -0.950. The van der Waals surface area contributed by atoms with Crippen LogP contribution in [0.1, 0.15) is 59.7 Å². The molecule has 2 amide bonds. The summed E-state index contributed by atoms with van der Waals surface area (Å²) in [4.78, 5) is 42.6. The number of nitrogens with two attached hydrogens (primary N) is 1. The van der Waals surface area contributed by atoms with Crippen molar-refractivity contribution in [3.63, 3.8) is 0 Å². The molecule has 1 fully saturated rings. The lowest BCUT2D eigenvalue weighted by Gasteiger charge is -2.33. The van der Waals surface area contributed by atoms with Gasteiger partial charge in [0.2, 0.25) is 5.91 Å². The zero-order chi connectivity index (χ0) is 20.1. The van der Waals surface area contributed by atoms with Crippen LogP contribution in [0, 0.1) is 0 Å². The first-order valence-corrected chi connectivity index (χ1v) is 10.2. The molecule has 7 nitrogen and oxygen atoms in total. The Hall–Kier alpha value is -2.74. The molecule has 0 bridgehead atoms. The smallest absolute Gasteiger partial charge is 0.338 e. The predicted octanol–water partition coefficient (Wildman–Crippen LogP) is 3.15. The highest BCUT2D eigenvalue weighted by molar-refractivity contribution is 7.13. The van der Waals surface area contributed by atoms with Crippen molar-refractivity contribution in [2.75, 3.05) is 4.90 Å². The van der Waals surface area contributed by atoms with Crippen LogP contribution in [0.3, 0.4) is 0 Å². The third-order valence-electron chi connectivity index (χ3n) is 4.84. The minimum absolute atomic E-state index is 0.0726. The maximum Gasteiger partial charge on any atom is 0.338 e. The van der Waals surface area contributed by atoms with Gasteiger partial charge < -0.3 is 10.5 Å². The summed E-state index contributed by atoms with van der Waals surface area (Å²) in [5, 5.41) is 2.46. The minimum Gasteiger partial charge on any atom is -0.449 e. The third-order valence-corrected chi connectivity index (χ3v) is 5.61. The van der Waals surface area contributed by atoms with Crippen molar-refractivity contribution >= 4 is 34.3 Å². The molecule has 1 heterocycles. The molecule has 1 aromatic carbocycles. The topological polar surface area (TPSA) is 103 Å². The lowest BCUT2D eigenvalue weighted by atomic mass is 9.94. The van der Waals surface area contributed by atoms with Crippen molar-refractivity contribution in [1.82, 2.24) is 4.98 Å². The van der Waals surface area contributed by atoms with Gasteiger partial charge in [-0.25, -0.2) is 9.78 Å². The quantitative estimate of drug-likeness (QED) is 0.749. The van der Waals surface area contributed by atoms with Crippen LogP contribution in [0.5, 0.6) is 0 Å². The number of hydrogen-bond donors (Lipinski definition) is 1. The Balaban J connectivity index is 1.71. The highest BCUT2D eigenvalue weighted by Crippen LogP contribution is 2.29. The van der Waals surface area contributed by atoms with Gasteiger partial charge in [-0.3, -0.25) is 14.5 Å². The molecular formula is C20H23N3O4S. The van der Waals surface area contributed by atoms with Gasteiger partial charge in [0.15, 0.2) is 11.2 Å². The van der Waals surface area contributed by atoms with Gasteiger partial charge >= 0.3 is 5.97 Å². The number of hydrogen-bond acceptors (Lipinski definition) is 6. The van der Waals surface area contributed by atoms with Crippen LogP contribution in [0.25, 0.3) is 0 Å². The van der Waals surface area contributed by atoms with Gasteiger partial charge in [-0.2, -0.15) is 0 Å². The van der Waals surface area contributed by atoms with Gasteiger partial charge in [0.25, 0.3) is 5.91 Å². The van der Waals surface area contributed by atoms with Crippen LogP contribution in [0.2, 0.25) is 0 Å². The number of thiazole rings is 1. The van der Waals surface area contributed by atoms with Crippen molar-refractivity contribution < 1.29 is 19.1 Å². The molecule has 2 aromatic rings. The number of aromatic nitrogens is 1. The second-order valence-electron chi connectivity index (χ2n) is 6.80. The number of esters is 1. The highest BCUT2D eigenvalue weighted by Gasteiger charge is 2.33. The number of carbonyl (C=O) groups is 3. The zero-order valence-corrected chi connectivity index (χ0v) is 16.5. The molecular weight excluding hydrogens is 378 g/mol. The van der Waals surface area contributed by atoms with Gasteiger partial charge in [-0.1, -0.05) is 19.3 Å². The summed E-state index contributed by atoms with van der Waals surface area (Å²) < 4.78 is 5.40. The van der Waals surface area contributed by atoms with E-state index in [1.165, 1.54) is 42.0 Å². The zero-order valence-electron chi connectivity index (χ0n) is 15.7. The highest BCUT2D eigenvalue weighted by atomic mass is 32.1. The molecule has 0 aliphatic heterocycles. The average Bonchev–Trinajstić information content (AvgIpc) is 3.23. The van der Waals surface area contributed by atoms with E-state index in [9.17, 15) is 14.4 Å². The maximum absolute atomic E-state index is 13.1. The molecule has 2 N–H and O–H groups in total. The van der Waals surface area contributed by atoms with E-state index in [1.54, 1.807) is 18.0 Å². The monoisotopic (exact) mass is 401 g/mol. The lowest BCUT2D eigenvalue weighted by molar-refractivity contribution is -0.127. The summed E-state index contributed by atoms with van der Waals surface area (Å²) in [7, 11) is 0. The molecule has 1 atom stereocenters. The Morgan fingerprint density at radius 3 is 2.36 bits per heavy atom. The molecule has 8 heteroatoms. The number of carbonyl (C=O) groups excluding carboxylic acids is 3. The van der Waals surface area contributed by atoms with Gasteiger partial charge in [-0.15, -0.1) is 11.3 Å². The van der Waals surface area contributed by atoms with E-state index in [0.29, 0.717) is 10.7 Å². The molecule has 0 saturated heterocycles. The van der Waals surface area contributed by atoms with Crippen LogP contribution >= 0.6 is 11.3 Å². The standard InChI is InChI=1S/C20H23N3O4S/c1-13(27-19(26)15-9-7-14(8-10-15)17(21)24)18(25)23(20-22-11-12-28-20)16-5-3-2-4-6-16/h7-13,16H,2-6H2,1H3,(H2,21,24). The third kappa shape index (κ3) is 4.56. The van der Waals surface area contributed by atoms with Gasteiger partial charge in [0.1, 0.15) is 0 Å². The number of benzene rings is 1. The largest absolute Gasteiger partial charge is 0.449 e. The number of ether oxygens (including phenoxy) is 1. The molecule has 28 heavy (non-hydrogen) atoms. The molecule has 1 aliphatic rings. The van der Waals surface area contributed by atoms with Gasteiger partial charge in [0.05, 0.1) is 5.56 Å². The molecule has 0 radical (unpaired) electrons. The van der Waals surface area contributed by atoms with E-state index in [2.05, 4.69) is 4.98 Å². The fourth-order valence-corrected chi connectivity index (χ4v) is 4.07. The summed E-state index contributed by atoms with van der Waals surface area (Å²) in [5.41, 5.74) is 5.75. The van der Waals surface area contributed by atoms with Crippen LogP contribution < -0.4 is 10.6 Å². The number of nitrogens with zero attached hydrogens (tertiary/aromatic N) is 2. The maximum atomic E-state index is 13.1. The van der Waals surface area contributed by atoms with E-state index in [4.69, 9.17) is 10.5 Å². The van der Waals surface area contributed by atoms with E-state index < -0.39 is 18.0 Å². The molecule has 148 valence electrons. The van der Waals surface area contributed by atoms with Crippen molar-refractivity contribution in [3.05, 3.63) is 47.0 Å². The van der Waals surface area contributed by atoms with Crippen LogP contribution in [0.15, 0.2) is 35.8 Å². The van der Waals surface area contributed by atoms with Crippen molar-refractivity contribution in [2.45, 2.75) is 51.2 Å². The SMILES string of the molecule is CC(OC(=O)c1ccc(C(N)=O)cc1)C(=O)N(c1nccs1)C1CCCCC1. The van der Waals surface area contributed by atoms with E-state index >= 15 is 0 Å². The molecule has 1 aromatic heterocycles. The Morgan fingerprint density at radius 2 is 1.79 bits per heavy atom. The van der Waals surface area contributed by atoms with E-state index in [0.717, 1.165) is 25.7 Å². The Morgan fingerprint density at radius 1 is 1.14 bits per heavy atom. The number of primary amides is 1. The number of amides is 2. The summed E-state index contributed by atoms with van der Waals surface area (Å²) in [6.45, 7) is 1.57. The number of anilines is 1. The Bertz CT molecular complexity index is 830. The first kappa shape index (κ1) is 20.0. The fourth-order valence-electron chi connectivity index (χ4n) is 3.35. The first-order valence-electron chi connectivity index (χ1n) is 9.31. The Labute approximate surface area is 167 Å². The summed E-state index contributed by atoms with van der Waals surface area (Å²) in [6.07, 6.45) is 5.86. The number of rotatable bonds is 6. The summed E-state index contributed by atoms with van der Waals surface area (Å²) in [5.74, 6) is -1.47. The normalized spacial score (nSPS) is 15.6. The van der Waals surface area contributed by atoms with E-state index in [-0.39, 0.29) is 17.5 Å². The van der Waals surface area contributed by atoms with Crippen LogP contribution in [0.4, 0.5) is 5.13 Å². The predicted molar refractivity (Wildman–Crippen MR) is 106 cm³/mol.